The van der Waals surface area contributed by atoms with E-state index in [2.05, 4.69) is 23.3 Å². The lowest BCUT2D eigenvalue weighted by Gasteiger charge is -2.19. The second-order valence-corrected chi connectivity index (χ2v) is 8.62. The van der Waals surface area contributed by atoms with Gasteiger partial charge in [0.05, 0.1) is 12.0 Å². The number of rotatable bonds is 5. The van der Waals surface area contributed by atoms with Crippen molar-refractivity contribution in [1.82, 2.24) is 14.9 Å². The summed E-state index contributed by atoms with van der Waals surface area (Å²) in [5, 5.41) is 3.20. The first-order chi connectivity index (χ1) is 13.5. The van der Waals surface area contributed by atoms with E-state index in [1.54, 1.807) is 24.6 Å². The molecular formula is C22H25N3O2S. The molecular weight excluding hydrogens is 370 g/mol. The summed E-state index contributed by atoms with van der Waals surface area (Å²) in [6.45, 7) is 2.28. The van der Waals surface area contributed by atoms with Crippen molar-refractivity contribution < 1.29 is 9.53 Å². The maximum atomic E-state index is 13.1. The van der Waals surface area contributed by atoms with Crippen molar-refractivity contribution in [2.24, 2.45) is 13.0 Å². The number of ether oxygens (including phenoxy) is 1. The predicted octanol–water partition coefficient (Wildman–Crippen LogP) is 4.13. The highest BCUT2D eigenvalue weighted by molar-refractivity contribution is 7.14. The first-order valence-corrected chi connectivity index (χ1v) is 10.4. The van der Waals surface area contributed by atoms with E-state index in [9.17, 15) is 4.79 Å². The van der Waals surface area contributed by atoms with Gasteiger partial charge in [-0.2, -0.15) is 0 Å². The summed E-state index contributed by atoms with van der Waals surface area (Å²) in [4.78, 5) is 19.7. The molecule has 0 aliphatic heterocycles. The molecule has 2 heterocycles. The van der Waals surface area contributed by atoms with Gasteiger partial charge in [0, 0.05) is 24.3 Å². The van der Waals surface area contributed by atoms with Gasteiger partial charge in [-0.1, -0.05) is 19.1 Å². The van der Waals surface area contributed by atoms with Crippen molar-refractivity contribution in [2.75, 3.05) is 7.11 Å². The molecule has 1 aliphatic rings. The Morgan fingerprint density at radius 2 is 2.25 bits per heavy atom. The molecule has 0 bridgehead atoms. The zero-order chi connectivity index (χ0) is 19.7. The van der Waals surface area contributed by atoms with E-state index in [1.165, 1.54) is 16.9 Å². The molecule has 0 saturated heterocycles. The second-order valence-electron chi connectivity index (χ2n) is 7.49. The minimum atomic E-state index is -0.347. The molecule has 1 aromatic carbocycles. The number of hydrogen-bond donors (Lipinski definition) is 1. The van der Waals surface area contributed by atoms with Gasteiger partial charge in [0.15, 0.2) is 0 Å². The first-order valence-electron chi connectivity index (χ1n) is 9.58. The maximum absolute atomic E-state index is 13.1. The standard InChI is InChI=1S/C22H25N3O2S/c1-14-7-8-18-16(11-14)13-19(28-18)22(26)24-20(21-23-9-10-25(21)2)15-5-4-6-17(12-15)27-3/h4-6,9-10,12-14,20H,7-8,11H2,1-3H3,(H,24,26)/t14-,20-/m0/s1. The molecule has 0 unspecified atom stereocenters. The van der Waals surface area contributed by atoms with E-state index < -0.39 is 0 Å². The van der Waals surface area contributed by atoms with Crippen molar-refractivity contribution in [3.05, 3.63) is 69.4 Å². The van der Waals surface area contributed by atoms with Gasteiger partial charge >= 0.3 is 0 Å². The van der Waals surface area contributed by atoms with Gasteiger partial charge in [0.2, 0.25) is 0 Å². The minimum absolute atomic E-state index is 0.0529. The number of hydrogen-bond acceptors (Lipinski definition) is 4. The number of aryl methyl sites for hydroxylation is 2. The van der Waals surface area contributed by atoms with Crippen LogP contribution < -0.4 is 10.1 Å². The number of aromatic nitrogens is 2. The number of carbonyl (C=O) groups is 1. The zero-order valence-corrected chi connectivity index (χ0v) is 17.3. The van der Waals surface area contributed by atoms with E-state index in [0.717, 1.165) is 34.9 Å². The molecule has 1 aliphatic carbocycles. The van der Waals surface area contributed by atoms with Crippen LogP contribution in [-0.2, 0) is 19.9 Å². The van der Waals surface area contributed by atoms with E-state index in [-0.39, 0.29) is 11.9 Å². The predicted molar refractivity (Wildman–Crippen MR) is 111 cm³/mol. The van der Waals surface area contributed by atoms with Crippen LogP contribution in [-0.4, -0.2) is 22.6 Å². The summed E-state index contributed by atoms with van der Waals surface area (Å²) >= 11 is 1.63. The Morgan fingerprint density at radius 3 is 3.00 bits per heavy atom. The average molecular weight is 396 g/mol. The summed E-state index contributed by atoms with van der Waals surface area (Å²) < 4.78 is 7.31. The Balaban J connectivity index is 1.64. The van der Waals surface area contributed by atoms with E-state index in [1.807, 2.05) is 42.1 Å². The van der Waals surface area contributed by atoms with Gasteiger partial charge < -0.3 is 14.6 Å². The number of fused-ring (bicyclic) bond motifs is 1. The summed E-state index contributed by atoms with van der Waals surface area (Å²) in [6.07, 6.45) is 6.99. The zero-order valence-electron chi connectivity index (χ0n) is 16.4. The lowest BCUT2D eigenvalue weighted by Crippen LogP contribution is -2.30. The molecule has 2 atom stereocenters. The molecule has 0 fully saturated rings. The third kappa shape index (κ3) is 3.69. The summed E-state index contributed by atoms with van der Waals surface area (Å²) in [6, 6.07) is 9.49. The molecule has 1 amide bonds. The average Bonchev–Trinajstić information content (AvgIpc) is 3.31. The SMILES string of the molecule is COc1cccc([C@H](NC(=O)c2cc3c(s2)CC[C@H](C)C3)c2nccn2C)c1. The number of nitrogens with one attached hydrogen (secondary N) is 1. The maximum Gasteiger partial charge on any atom is 0.262 e. The van der Waals surface area contributed by atoms with Crippen LogP contribution in [0.5, 0.6) is 5.75 Å². The molecule has 0 saturated carbocycles. The summed E-state index contributed by atoms with van der Waals surface area (Å²) in [5.74, 6) is 2.18. The molecule has 2 aromatic heterocycles. The number of methoxy groups -OCH3 is 1. The molecule has 5 nitrogen and oxygen atoms in total. The van der Waals surface area contributed by atoms with Crippen LogP contribution >= 0.6 is 11.3 Å². The quantitative estimate of drug-likeness (QED) is 0.707. The van der Waals surface area contributed by atoms with Crippen LogP contribution in [0.25, 0.3) is 0 Å². The fraction of sp³-hybridized carbons (Fsp3) is 0.364. The highest BCUT2D eigenvalue weighted by atomic mass is 32.1. The topological polar surface area (TPSA) is 56.1 Å². The highest BCUT2D eigenvalue weighted by Gasteiger charge is 2.25. The Labute approximate surface area is 169 Å². The normalized spacial score (nSPS) is 17.0. The van der Waals surface area contributed by atoms with Gasteiger partial charge in [0.25, 0.3) is 5.91 Å². The van der Waals surface area contributed by atoms with E-state index in [0.29, 0.717) is 5.92 Å². The Bertz CT molecular complexity index is 991. The lowest BCUT2D eigenvalue weighted by atomic mass is 9.90. The largest absolute Gasteiger partial charge is 0.497 e. The fourth-order valence-corrected chi connectivity index (χ4v) is 4.90. The minimum Gasteiger partial charge on any atom is -0.497 e. The van der Waals surface area contributed by atoms with Crippen LogP contribution in [0, 0.1) is 5.92 Å². The lowest BCUT2D eigenvalue weighted by molar-refractivity contribution is 0.0945. The number of nitrogens with zero attached hydrogens (tertiary/aromatic N) is 2. The van der Waals surface area contributed by atoms with Gasteiger partial charge in [-0.3, -0.25) is 4.79 Å². The molecule has 0 radical (unpaired) electrons. The Hall–Kier alpha value is -2.60. The molecule has 4 rings (SSSR count). The van der Waals surface area contributed by atoms with Crippen LogP contribution in [0.15, 0.2) is 42.7 Å². The third-order valence-electron chi connectivity index (χ3n) is 5.37. The van der Waals surface area contributed by atoms with Crippen molar-refractivity contribution >= 4 is 17.2 Å². The van der Waals surface area contributed by atoms with Gasteiger partial charge in [0.1, 0.15) is 17.6 Å². The second kappa shape index (κ2) is 7.80. The van der Waals surface area contributed by atoms with Crippen molar-refractivity contribution in [2.45, 2.75) is 32.2 Å². The van der Waals surface area contributed by atoms with E-state index in [4.69, 9.17) is 4.74 Å². The van der Waals surface area contributed by atoms with Crippen LogP contribution in [0.2, 0.25) is 0 Å². The Morgan fingerprint density at radius 1 is 1.39 bits per heavy atom. The van der Waals surface area contributed by atoms with Crippen LogP contribution in [0.4, 0.5) is 0 Å². The first kappa shape index (κ1) is 18.7. The molecule has 6 heteroatoms. The number of thiophene rings is 1. The van der Waals surface area contributed by atoms with Crippen molar-refractivity contribution in [3.8, 4) is 5.75 Å². The smallest absolute Gasteiger partial charge is 0.262 e. The monoisotopic (exact) mass is 395 g/mol. The summed E-state index contributed by atoms with van der Waals surface area (Å²) in [7, 11) is 3.58. The third-order valence-corrected chi connectivity index (χ3v) is 6.61. The van der Waals surface area contributed by atoms with Crippen molar-refractivity contribution in [1.29, 1.82) is 0 Å². The van der Waals surface area contributed by atoms with Gasteiger partial charge in [-0.15, -0.1) is 11.3 Å². The van der Waals surface area contributed by atoms with Crippen LogP contribution in [0.1, 0.15) is 50.9 Å². The highest BCUT2D eigenvalue weighted by Crippen LogP contribution is 2.33. The molecule has 0 spiro atoms. The molecule has 28 heavy (non-hydrogen) atoms. The molecule has 3 aromatic rings. The molecule has 146 valence electrons. The number of amides is 1. The fourth-order valence-electron chi connectivity index (χ4n) is 3.79. The summed E-state index contributed by atoms with van der Waals surface area (Å²) in [5.41, 5.74) is 2.28. The number of imidazole rings is 1. The number of carbonyl (C=O) groups excluding carboxylic acids is 1. The van der Waals surface area contributed by atoms with Crippen LogP contribution in [0.3, 0.4) is 0 Å². The van der Waals surface area contributed by atoms with Gasteiger partial charge in [-0.05, 0) is 54.5 Å². The number of benzene rings is 1. The Kier molecular flexibility index (Phi) is 5.22. The van der Waals surface area contributed by atoms with E-state index >= 15 is 0 Å². The van der Waals surface area contributed by atoms with Crippen molar-refractivity contribution in [3.63, 3.8) is 0 Å². The molecule has 1 N–H and O–H groups in total. The van der Waals surface area contributed by atoms with Gasteiger partial charge in [-0.25, -0.2) is 4.98 Å².